The smallest absolute Gasteiger partial charge is 0.379 e. The Kier molecular flexibility index (Phi) is 2.88. The lowest BCUT2D eigenvalue weighted by atomic mass is 10.1. The molecule has 1 N–H and O–H groups in total. The standard InChI is InChI=1S/C9H10F2N2O2/c1-13(2)7-4-3-6(5-12-7)9(10,11)8(14)15/h3-5H,1-2H3,(H,14,15). The maximum absolute atomic E-state index is 13.0. The van der Waals surface area contributed by atoms with Gasteiger partial charge in [0, 0.05) is 20.3 Å². The van der Waals surface area contributed by atoms with Crippen molar-refractivity contribution < 1.29 is 18.7 Å². The van der Waals surface area contributed by atoms with Crippen LogP contribution in [0.25, 0.3) is 0 Å². The van der Waals surface area contributed by atoms with Crippen LogP contribution in [0.4, 0.5) is 14.6 Å². The number of aliphatic carboxylic acids is 1. The molecule has 4 nitrogen and oxygen atoms in total. The molecule has 0 aromatic carbocycles. The first-order chi connectivity index (χ1) is 6.85. The van der Waals surface area contributed by atoms with Crippen LogP contribution in [-0.2, 0) is 10.7 Å². The number of carbonyl (C=O) groups is 1. The Bertz CT molecular complexity index is 363. The van der Waals surface area contributed by atoms with Gasteiger partial charge in [0.1, 0.15) is 5.82 Å². The summed E-state index contributed by atoms with van der Waals surface area (Å²) in [6, 6.07) is 2.39. The number of rotatable bonds is 3. The number of alkyl halides is 2. The van der Waals surface area contributed by atoms with E-state index in [1.807, 2.05) is 0 Å². The Morgan fingerprint density at radius 2 is 2.07 bits per heavy atom. The van der Waals surface area contributed by atoms with Crippen LogP contribution in [0.2, 0.25) is 0 Å². The maximum atomic E-state index is 13.0. The van der Waals surface area contributed by atoms with Crippen molar-refractivity contribution in [2.45, 2.75) is 5.92 Å². The third kappa shape index (κ3) is 2.20. The van der Waals surface area contributed by atoms with Crippen molar-refractivity contribution in [1.29, 1.82) is 0 Å². The van der Waals surface area contributed by atoms with E-state index >= 15 is 0 Å². The lowest BCUT2D eigenvalue weighted by molar-refractivity contribution is -0.166. The number of halogens is 2. The summed E-state index contributed by atoms with van der Waals surface area (Å²) in [6.45, 7) is 0. The van der Waals surface area contributed by atoms with Crippen molar-refractivity contribution in [3.8, 4) is 0 Å². The molecule has 0 aliphatic heterocycles. The first-order valence-electron chi connectivity index (χ1n) is 4.10. The molecular weight excluding hydrogens is 206 g/mol. The third-order valence-corrected chi connectivity index (χ3v) is 1.84. The topological polar surface area (TPSA) is 53.4 Å². The second-order valence-electron chi connectivity index (χ2n) is 3.18. The molecular formula is C9H10F2N2O2. The summed E-state index contributed by atoms with van der Waals surface area (Å²) >= 11 is 0. The van der Waals surface area contributed by atoms with Crippen molar-refractivity contribution in [3.05, 3.63) is 23.9 Å². The zero-order valence-electron chi connectivity index (χ0n) is 8.24. The second-order valence-corrected chi connectivity index (χ2v) is 3.18. The van der Waals surface area contributed by atoms with E-state index in [-0.39, 0.29) is 0 Å². The van der Waals surface area contributed by atoms with Crippen LogP contribution in [0.3, 0.4) is 0 Å². The highest BCUT2D eigenvalue weighted by Gasteiger charge is 2.41. The molecule has 0 atom stereocenters. The van der Waals surface area contributed by atoms with Gasteiger partial charge in [-0.25, -0.2) is 9.78 Å². The molecule has 0 radical (unpaired) electrons. The molecule has 0 aliphatic carbocycles. The minimum Gasteiger partial charge on any atom is -0.477 e. The van der Waals surface area contributed by atoms with Crippen LogP contribution in [0.15, 0.2) is 18.3 Å². The fourth-order valence-corrected chi connectivity index (χ4v) is 0.960. The number of carboxylic acids is 1. The van der Waals surface area contributed by atoms with Gasteiger partial charge < -0.3 is 10.0 Å². The molecule has 0 saturated heterocycles. The van der Waals surface area contributed by atoms with Crippen molar-refractivity contribution >= 4 is 11.8 Å². The molecule has 1 aromatic rings. The molecule has 6 heteroatoms. The Balaban J connectivity index is 3.04. The van der Waals surface area contributed by atoms with Gasteiger partial charge in [-0.3, -0.25) is 0 Å². The minimum atomic E-state index is -3.89. The van der Waals surface area contributed by atoms with E-state index in [0.29, 0.717) is 5.82 Å². The lowest BCUT2D eigenvalue weighted by Crippen LogP contribution is -2.25. The van der Waals surface area contributed by atoms with Crippen molar-refractivity contribution in [3.63, 3.8) is 0 Å². The molecule has 0 aliphatic rings. The third-order valence-electron chi connectivity index (χ3n) is 1.84. The summed E-state index contributed by atoms with van der Waals surface area (Å²) in [5, 5.41) is 8.28. The first kappa shape index (κ1) is 11.4. The molecule has 1 heterocycles. The zero-order valence-corrected chi connectivity index (χ0v) is 8.24. The van der Waals surface area contributed by atoms with Gasteiger partial charge >= 0.3 is 11.9 Å². The maximum Gasteiger partial charge on any atom is 0.379 e. The Morgan fingerprint density at radius 3 is 2.40 bits per heavy atom. The van der Waals surface area contributed by atoms with Crippen LogP contribution in [0.1, 0.15) is 5.56 Å². The molecule has 0 bridgehead atoms. The summed E-state index contributed by atoms with van der Waals surface area (Å²) in [5.41, 5.74) is -0.624. The van der Waals surface area contributed by atoms with Gasteiger partial charge in [0.05, 0.1) is 5.56 Å². The fourth-order valence-electron chi connectivity index (χ4n) is 0.960. The van der Waals surface area contributed by atoms with E-state index in [4.69, 9.17) is 5.11 Å². The first-order valence-corrected chi connectivity index (χ1v) is 4.10. The van der Waals surface area contributed by atoms with E-state index in [1.54, 1.807) is 19.0 Å². The minimum absolute atomic E-state index is 0.486. The largest absolute Gasteiger partial charge is 0.477 e. The highest BCUT2D eigenvalue weighted by Crippen LogP contribution is 2.28. The Morgan fingerprint density at radius 1 is 1.47 bits per heavy atom. The van der Waals surface area contributed by atoms with E-state index in [2.05, 4.69) is 4.98 Å². The predicted molar refractivity (Wildman–Crippen MR) is 50.1 cm³/mol. The lowest BCUT2D eigenvalue weighted by Gasteiger charge is -2.14. The molecule has 1 rings (SSSR count). The number of nitrogens with zero attached hydrogens (tertiary/aromatic N) is 2. The number of hydrogen-bond acceptors (Lipinski definition) is 3. The van der Waals surface area contributed by atoms with Crippen LogP contribution in [0.5, 0.6) is 0 Å². The van der Waals surface area contributed by atoms with Gasteiger partial charge in [-0.15, -0.1) is 0 Å². The summed E-state index contributed by atoms with van der Waals surface area (Å²) in [7, 11) is 3.41. The van der Waals surface area contributed by atoms with Crippen molar-refractivity contribution in [2.75, 3.05) is 19.0 Å². The molecule has 15 heavy (non-hydrogen) atoms. The summed E-state index contributed by atoms with van der Waals surface area (Å²) in [4.78, 5) is 15.6. The van der Waals surface area contributed by atoms with E-state index in [0.717, 1.165) is 12.3 Å². The summed E-state index contributed by atoms with van der Waals surface area (Å²) < 4.78 is 25.9. The SMILES string of the molecule is CN(C)c1ccc(C(F)(F)C(=O)O)cn1. The summed E-state index contributed by atoms with van der Waals surface area (Å²) in [5.74, 6) is -5.58. The van der Waals surface area contributed by atoms with Gasteiger partial charge in [0.25, 0.3) is 0 Å². The van der Waals surface area contributed by atoms with Crippen molar-refractivity contribution in [2.24, 2.45) is 0 Å². The molecule has 0 spiro atoms. The van der Waals surface area contributed by atoms with Crippen LogP contribution in [-0.4, -0.2) is 30.2 Å². The molecule has 0 saturated carbocycles. The quantitative estimate of drug-likeness (QED) is 0.828. The fraction of sp³-hybridized carbons (Fsp3) is 0.333. The predicted octanol–water partition coefficient (Wildman–Crippen LogP) is 1.32. The van der Waals surface area contributed by atoms with Crippen LogP contribution < -0.4 is 4.90 Å². The molecule has 82 valence electrons. The highest BCUT2D eigenvalue weighted by molar-refractivity contribution is 5.77. The number of carboxylic acid groups (broad SMARTS) is 1. The van der Waals surface area contributed by atoms with Crippen LogP contribution >= 0.6 is 0 Å². The number of pyridine rings is 1. The average molecular weight is 216 g/mol. The Labute approximate surface area is 85.2 Å². The average Bonchev–Trinajstić information content (AvgIpc) is 2.17. The van der Waals surface area contributed by atoms with E-state index < -0.39 is 17.5 Å². The Hall–Kier alpha value is -1.72. The number of aromatic nitrogens is 1. The highest BCUT2D eigenvalue weighted by atomic mass is 19.3. The normalized spacial score (nSPS) is 11.2. The molecule has 0 fully saturated rings. The van der Waals surface area contributed by atoms with Crippen molar-refractivity contribution in [1.82, 2.24) is 4.98 Å². The molecule has 0 amide bonds. The summed E-state index contributed by atoms with van der Waals surface area (Å²) in [6.07, 6.45) is 0.865. The second kappa shape index (κ2) is 3.80. The monoisotopic (exact) mass is 216 g/mol. The van der Waals surface area contributed by atoms with Gasteiger partial charge in [-0.2, -0.15) is 8.78 Å². The number of anilines is 1. The molecule has 0 unspecified atom stereocenters. The molecule has 1 aromatic heterocycles. The van der Waals surface area contributed by atoms with Gasteiger partial charge in [0.2, 0.25) is 0 Å². The van der Waals surface area contributed by atoms with E-state index in [1.165, 1.54) is 6.07 Å². The zero-order chi connectivity index (χ0) is 11.6. The van der Waals surface area contributed by atoms with E-state index in [9.17, 15) is 13.6 Å². The van der Waals surface area contributed by atoms with Gasteiger partial charge in [0.15, 0.2) is 0 Å². The van der Waals surface area contributed by atoms with Gasteiger partial charge in [-0.05, 0) is 12.1 Å². The van der Waals surface area contributed by atoms with Crippen LogP contribution in [0, 0.1) is 0 Å². The number of hydrogen-bond donors (Lipinski definition) is 1. The van der Waals surface area contributed by atoms with Gasteiger partial charge in [-0.1, -0.05) is 0 Å².